The highest BCUT2D eigenvalue weighted by molar-refractivity contribution is 7.81. The second-order valence-electron chi connectivity index (χ2n) is 6.46. The third-order valence-corrected chi connectivity index (χ3v) is 4.71. The number of carbonyl (C=O) groups excluding carboxylic acids is 1. The third-order valence-electron chi connectivity index (χ3n) is 4.35. The summed E-state index contributed by atoms with van der Waals surface area (Å²) in [6.45, 7) is 13.8. The molecule has 0 bridgehead atoms. The lowest BCUT2D eigenvalue weighted by molar-refractivity contribution is -0.136. The number of anilines is 2. The first-order chi connectivity index (χ1) is 13.6. The van der Waals surface area contributed by atoms with Crippen LogP contribution >= 0.6 is 12.2 Å². The molecule has 5 nitrogen and oxygen atoms in total. The lowest BCUT2D eigenvalue weighted by Crippen LogP contribution is -2.44. The smallest absolute Gasteiger partial charge is 0.304 e. The zero-order valence-electron chi connectivity index (χ0n) is 15.4. The van der Waals surface area contributed by atoms with Crippen LogP contribution in [0, 0.1) is 18.4 Å². The topological polar surface area (TPSA) is 51.7 Å². The molecule has 0 aromatic heterocycles. The summed E-state index contributed by atoms with van der Waals surface area (Å²) in [5.41, 5.74) is -2.05. The van der Waals surface area contributed by atoms with Gasteiger partial charge in [-0.15, -0.1) is 0 Å². The molecule has 0 saturated carbocycles. The van der Waals surface area contributed by atoms with E-state index in [4.69, 9.17) is 24.1 Å². The standard InChI is InChI=1S/C19H14F3N3OS.CHN/c1-18(2)16(26)24(17(27)25(18)12-7-5-4-6-8-12)13-9-10-15(23-3)14(11-13)19(20,21)22;1-2/h4-11H,1-2H3;1H. The Morgan fingerprint density at radius 3 is 2.21 bits per heavy atom. The molecule has 9 heteroatoms. The van der Waals surface area contributed by atoms with Crippen LogP contribution in [0.1, 0.15) is 19.4 Å². The fourth-order valence-corrected chi connectivity index (χ4v) is 3.54. The van der Waals surface area contributed by atoms with Crippen LogP contribution in [0.4, 0.5) is 30.2 Å². The number of rotatable bonds is 2. The van der Waals surface area contributed by atoms with Gasteiger partial charge in [-0.2, -0.15) is 13.2 Å². The van der Waals surface area contributed by atoms with Crippen LogP contribution in [0.5, 0.6) is 0 Å². The summed E-state index contributed by atoms with van der Waals surface area (Å²) in [5.74, 6) is -0.444. The summed E-state index contributed by atoms with van der Waals surface area (Å²) in [5, 5.41) is 6.58. The number of alkyl halides is 3. The van der Waals surface area contributed by atoms with Crippen LogP contribution < -0.4 is 9.80 Å². The summed E-state index contributed by atoms with van der Waals surface area (Å²) in [7, 11) is 0. The Labute approximate surface area is 171 Å². The largest absolute Gasteiger partial charge is 0.407 e. The minimum atomic E-state index is -4.71. The van der Waals surface area contributed by atoms with Gasteiger partial charge in [0.05, 0.1) is 12.1 Å². The molecule has 2 aromatic rings. The third kappa shape index (κ3) is 3.78. The average Bonchev–Trinajstić information content (AvgIpc) is 2.87. The van der Waals surface area contributed by atoms with Gasteiger partial charge < -0.3 is 4.90 Å². The molecular weight excluding hydrogens is 401 g/mol. The number of halogens is 3. The van der Waals surface area contributed by atoms with E-state index in [2.05, 4.69) is 11.4 Å². The molecule has 1 amide bonds. The van der Waals surface area contributed by atoms with Gasteiger partial charge in [-0.1, -0.05) is 24.3 Å². The summed E-state index contributed by atoms with van der Waals surface area (Å²) < 4.78 is 39.9. The second kappa shape index (κ2) is 7.90. The van der Waals surface area contributed by atoms with Crippen LogP contribution in [-0.4, -0.2) is 16.6 Å². The van der Waals surface area contributed by atoms with Crippen molar-refractivity contribution < 1.29 is 18.0 Å². The van der Waals surface area contributed by atoms with E-state index < -0.39 is 28.9 Å². The molecule has 148 valence electrons. The Kier molecular flexibility index (Phi) is 5.96. The maximum atomic E-state index is 13.3. The predicted molar refractivity (Wildman–Crippen MR) is 107 cm³/mol. The highest BCUT2D eigenvalue weighted by atomic mass is 32.1. The minimum Gasteiger partial charge on any atom is -0.304 e. The fourth-order valence-electron chi connectivity index (χ4n) is 3.02. The van der Waals surface area contributed by atoms with Crippen molar-refractivity contribution in [3.05, 3.63) is 65.5 Å². The maximum absolute atomic E-state index is 13.3. The molecule has 3 rings (SSSR count). The van der Waals surface area contributed by atoms with Gasteiger partial charge in [-0.3, -0.25) is 9.69 Å². The molecule has 1 aliphatic heterocycles. The molecular formula is C20H15F3N4OS. The van der Waals surface area contributed by atoms with E-state index in [9.17, 15) is 18.0 Å². The molecule has 0 aliphatic carbocycles. The number of amides is 1. The number of nitriles is 1. The van der Waals surface area contributed by atoms with E-state index in [0.717, 1.165) is 17.0 Å². The van der Waals surface area contributed by atoms with E-state index in [0.29, 0.717) is 5.69 Å². The van der Waals surface area contributed by atoms with Crippen molar-refractivity contribution in [2.45, 2.75) is 25.6 Å². The fraction of sp³-hybridized carbons (Fsp3) is 0.200. The van der Waals surface area contributed by atoms with Gasteiger partial charge in [-0.05, 0) is 50.3 Å². The number of para-hydroxylation sites is 1. The Hall–Kier alpha value is -3.43. The van der Waals surface area contributed by atoms with Gasteiger partial charge in [0, 0.05) is 17.9 Å². The molecule has 0 spiro atoms. The van der Waals surface area contributed by atoms with E-state index >= 15 is 0 Å². The van der Waals surface area contributed by atoms with E-state index in [1.165, 1.54) is 6.07 Å². The summed E-state index contributed by atoms with van der Waals surface area (Å²) in [6, 6.07) is 12.1. The molecule has 0 unspecified atom stereocenters. The molecule has 0 atom stereocenters. The van der Waals surface area contributed by atoms with Crippen LogP contribution in [0.15, 0.2) is 48.5 Å². The average molecular weight is 416 g/mol. The molecule has 0 radical (unpaired) electrons. The highest BCUT2D eigenvalue weighted by Crippen LogP contribution is 2.41. The molecule has 0 N–H and O–H groups in total. The molecule has 1 fully saturated rings. The number of nitrogens with zero attached hydrogens (tertiary/aromatic N) is 4. The van der Waals surface area contributed by atoms with E-state index in [1.54, 1.807) is 43.0 Å². The zero-order valence-corrected chi connectivity index (χ0v) is 16.3. The van der Waals surface area contributed by atoms with Crippen LogP contribution in [-0.2, 0) is 11.0 Å². The van der Waals surface area contributed by atoms with Gasteiger partial charge in [-0.25, -0.2) is 10.1 Å². The maximum Gasteiger partial charge on any atom is 0.407 e. The Bertz CT molecular complexity index is 1010. The normalized spacial score (nSPS) is 15.5. The zero-order chi connectivity index (χ0) is 22.0. The molecule has 1 saturated heterocycles. The Morgan fingerprint density at radius 1 is 1.10 bits per heavy atom. The van der Waals surface area contributed by atoms with Crippen molar-refractivity contribution in [3.63, 3.8) is 0 Å². The van der Waals surface area contributed by atoms with Crippen molar-refractivity contribution >= 4 is 40.3 Å². The monoisotopic (exact) mass is 416 g/mol. The molecule has 29 heavy (non-hydrogen) atoms. The number of thiocarbonyl (C=S) groups is 1. The van der Waals surface area contributed by atoms with Gasteiger partial charge in [0.25, 0.3) is 5.91 Å². The highest BCUT2D eigenvalue weighted by Gasteiger charge is 2.50. The van der Waals surface area contributed by atoms with Crippen molar-refractivity contribution in [2.75, 3.05) is 9.80 Å². The Balaban J connectivity index is 0.00000145. The predicted octanol–water partition coefficient (Wildman–Crippen LogP) is 5.31. The van der Waals surface area contributed by atoms with Crippen molar-refractivity contribution in [2.24, 2.45) is 0 Å². The van der Waals surface area contributed by atoms with Crippen molar-refractivity contribution in [3.8, 4) is 6.57 Å². The van der Waals surface area contributed by atoms with Crippen LogP contribution in [0.3, 0.4) is 0 Å². The number of hydrogen-bond donors (Lipinski definition) is 0. The SMILES string of the molecule is C#N.[C-]#[N+]c1ccc(N2C(=O)C(C)(C)N(c3ccccc3)C2=S)cc1C(F)(F)F. The first-order valence-electron chi connectivity index (χ1n) is 8.17. The minimum absolute atomic E-state index is 0.0174. The van der Waals surface area contributed by atoms with Gasteiger partial charge in [0.2, 0.25) is 0 Å². The van der Waals surface area contributed by atoms with Crippen molar-refractivity contribution in [1.82, 2.24) is 0 Å². The number of carbonyl (C=O) groups is 1. The lowest BCUT2D eigenvalue weighted by atomic mass is 10.0. The lowest BCUT2D eigenvalue weighted by Gasteiger charge is -2.29. The van der Waals surface area contributed by atoms with Crippen LogP contribution in [0.2, 0.25) is 0 Å². The van der Waals surface area contributed by atoms with E-state index in [-0.39, 0.29) is 10.8 Å². The number of hydrogen-bond acceptors (Lipinski definition) is 3. The second-order valence-corrected chi connectivity index (χ2v) is 6.83. The summed E-state index contributed by atoms with van der Waals surface area (Å²) in [4.78, 5) is 18.6. The molecule has 2 aromatic carbocycles. The van der Waals surface area contributed by atoms with Crippen LogP contribution in [0.25, 0.3) is 4.85 Å². The Morgan fingerprint density at radius 2 is 1.69 bits per heavy atom. The van der Waals surface area contributed by atoms with Gasteiger partial charge >= 0.3 is 6.18 Å². The van der Waals surface area contributed by atoms with Gasteiger partial charge in [0.1, 0.15) is 5.54 Å². The van der Waals surface area contributed by atoms with Crippen molar-refractivity contribution in [1.29, 1.82) is 5.26 Å². The number of benzene rings is 2. The molecule has 1 heterocycles. The summed E-state index contributed by atoms with van der Waals surface area (Å²) in [6.07, 6.45) is -4.71. The quantitative estimate of drug-likeness (QED) is 0.492. The van der Waals surface area contributed by atoms with E-state index in [1.807, 2.05) is 6.07 Å². The first kappa shape index (κ1) is 21.9. The first-order valence-corrected chi connectivity index (χ1v) is 8.58. The van der Waals surface area contributed by atoms with Gasteiger partial charge in [0.15, 0.2) is 10.8 Å². The molecule has 1 aliphatic rings. The summed E-state index contributed by atoms with van der Waals surface area (Å²) >= 11 is 5.44.